The first kappa shape index (κ1) is 13.5. The van der Waals surface area contributed by atoms with Crippen molar-refractivity contribution >= 4 is 23.1 Å². The Kier molecular flexibility index (Phi) is 3.57. The molecule has 21 heavy (non-hydrogen) atoms. The van der Waals surface area contributed by atoms with Crippen LogP contribution in [-0.2, 0) is 12.2 Å². The SMILES string of the molecule is NC(c1ccc2c(c1)OCCO2)c1cc2c(s1)CCSC2. The molecule has 1 atom stereocenters. The molecular weight excluding hydrogens is 302 g/mol. The van der Waals surface area contributed by atoms with Gasteiger partial charge in [-0.3, -0.25) is 0 Å². The Labute approximate surface area is 132 Å². The molecule has 0 bridgehead atoms. The molecule has 4 rings (SSSR count). The molecule has 5 heteroatoms. The van der Waals surface area contributed by atoms with Gasteiger partial charge in [-0.1, -0.05) is 6.07 Å². The zero-order valence-corrected chi connectivity index (χ0v) is 13.3. The van der Waals surface area contributed by atoms with Gasteiger partial charge in [-0.15, -0.1) is 11.3 Å². The predicted octanol–water partition coefficient (Wildman–Crippen LogP) is 3.36. The predicted molar refractivity (Wildman–Crippen MR) is 87.6 cm³/mol. The van der Waals surface area contributed by atoms with E-state index in [4.69, 9.17) is 15.2 Å². The Morgan fingerprint density at radius 3 is 2.81 bits per heavy atom. The molecule has 3 heterocycles. The van der Waals surface area contributed by atoms with Crippen molar-refractivity contribution in [2.45, 2.75) is 18.2 Å². The third-order valence-corrected chi connectivity index (χ3v) is 6.21. The number of benzene rings is 1. The maximum atomic E-state index is 6.47. The summed E-state index contributed by atoms with van der Waals surface area (Å²) in [4.78, 5) is 2.76. The number of rotatable bonds is 2. The number of hydrogen-bond donors (Lipinski definition) is 1. The highest BCUT2D eigenvalue weighted by atomic mass is 32.2. The number of thiophene rings is 1. The molecule has 0 fully saturated rings. The lowest BCUT2D eigenvalue weighted by atomic mass is 10.0. The summed E-state index contributed by atoms with van der Waals surface area (Å²) in [6.07, 6.45) is 1.18. The summed E-state index contributed by atoms with van der Waals surface area (Å²) in [7, 11) is 0. The van der Waals surface area contributed by atoms with Crippen LogP contribution in [0.4, 0.5) is 0 Å². The standard InChI is InChI=1S/C16H17NO2S2/c17-16(15-8-11-9-20-6-3-14(11)21-15)10-1-2-12-13(7-10)19-5-4-18-12/h1-2,7-8,16H,3-6,9,17H2. The molecule has 1 aromatic carbocycles. The molecule has 0 spiro atoms. The van der Waals surface area contributed by atoms with Gasteiger partial charge in [0.25, 0.3) is 0 Å². The van der Waals surface area contributed by atoms with Gasteiger partial charge < -0.3 is 15.2 Å². The second-order valence-corrected chi connectivity index (χ2v) is 7.55. The summed E-state index contributed by atoms with van der Waals surface area (Å²) in [5.41, 5.74) is 9.03. The molecule has 1 unspecified atom stereocenters. The van der Waals surface area contributed by atoms with Crippen LogP contribution >= 0.6 is 23.1 Å². The van der Waals surface area contributed by atoms with E-state index in [1.165, 1.54) is 27.5 Å². The minimum Gasteiger partial charge on any atom is -0.486 e. The molecule has 1 aromatic heterocycles. The number of thioether (sulfide) groups is 1. The maximum Gasteiger partial charge on any atom is 0.161 e. The molecule has 0 radical (unpaired) electrons. The van der Waals surface area contributed by atoms with E-state index in [9.17, 15) is 0 Å². The number of aryl methyl sites for hydroxylation is 1. The minimum absolute atomic E-state index is 0.0820. The van der Waals surface area contributed by atoms with E-state index in [0.29, 0.717) is 13.2 Å². The molecule has 2 aliphatic heterocycles. The van der Waals surface area contributed by atoms with Crippen LogP contribution in [0.2, 0.25) is 0 Å². The first-order chi connectivity index (χ1) is 10.3. The van der Waals surface area contributed by atoms with Crippen LogP contribution in [0.5, 0.6) is 11.5 Å². The van der Waals surface area contributed by atoms with E-state index >= 15 is 0 Å². The van der Waals surface area contributed by atoms with E-state index in [0.717, 1.165) is 22.8 Å². The summed E-state index contributed by atoms with van der Waals surface area (Å²) in [6.45, 7) is 1.23. The van der Waals surface area contributed by atoms with Gasteiger partial charge in [0.05, 0.1) is 6.04 Å². The number of ether oxygens (including phenoxy) is 2. The van der Waals surface area contributed by atoms with Crippen molar-refractivity contribution in [1.82, 2.24) is 0 Å². The van der Waals surface area contributed by atoms with Gasteiger partial charge >= 0.3 is 0 Å². The Morgan fingerprint density at radius 1 is 1.10 bits per heavy atom. The van der Waals surface area contributed by atoms with Gasteiger partial charge in [-0.2, -0.15) is 11.8 Å². The quantitative estimate of drug-likeness (QED) is 0.922. The van der Waals surface area contributed by atoms with Gasteiger partial charge in [-0.05, 0) is 41.5 Å². The van der Waals surface area contributed by atoms with Crippen molar-refractivity contribution in [3.05, 3.63) is 45.1 Å². The van der Waals surface area contributed by atoms with Crippen LogP contribution in [0.25, 0.3) is 0 Å². The van der Waals surface area contributed by atoms with Gasteiger partial charge in [0.2, 0.25) is 0 Å². The highest BCUT2D eigenvalue weighted by molar-refractivity contribution is 7.98. The maximum absolute atomic E-state index is 6.47. The van der Waals surface area contributed by atoms with Crippen molar-refractivity contribution in [3.8, 4) is 11.5 Å². The molecule has 0 saturated carbocycles. The van der Waals surface area contributed by atoms with Crippen molar-refractivity contribution in [1.29, 1.82) is 0 Å². The highest BCUT2D eigenvalue weighted by Gasteiger charge is 2.20. The smallest absolute Gasteiger partial charge is 0.161 e. The van der Waals surface area contributed by atoms with E-state index < -0.39 is 0 Å². The van der Waals surface area contributed by atoms with Crippen LogP contribution in [0.15, 0.2) is 24.3 Å². The average Bonchev–Trinajstić information content (AvgIpc) is 2.97. The molecule has 0 saturated heterocycles. The van der Waals surface area contributed by atoms with Gasteiger partial charge in [0, 0.05) is 15.5 Å². The number of fused-ring (bicyclic) bond motifs is 2. The second-order valence-electron chi connectivity index (χ2n) is 5.28. The van der Waals surface area contributed by atoms with E-state index in [-0.39, 0.29) is 6.04 Å². The van der Waals surface area contributed by atoms with Crippen LogP contribution in [0.1, 0.15) is 26.9 Å². The molecule has 3 nitrogen and oxygen atoms in total. The lowest BCUT2D eigenvalue weighted by molar-refractivity contribution is 0.171. The monoisotopic (exact) mass is 319 g/mol. The summed E-state index contributed by atoms with van der Waals surface area (Å²) in [5, 5.41) is 0. The molecule has 2 aromatic rings. The summed E-state index contributed by atoms with van der Waals surface area (Å²) in [5.74, 6) is 3.98. The van der Waals surface area contributed by atoms with Crippen LogP contribution in [0, 0.1) is 0 Å². The Bertz CT molecular complexity index is 645. The highest BCUT2D eigenvalue weighted by Crippen LogP contribution is 2.38. The minimum atomic E-state index is -0.0820. The first-order valence-electron chi connectivity index (χ1n) is 7.15. The molecule has 0 amide bonds. The van der Waals surface area contributed by atoms with Crippen molar-refractivity contribution < 1.29 is 9.47 Å². The summed E-state index contributed by atoms with van der Waals surface area (Å²) < 4.78 is 11.2. The molecule has 110 valence electrons. The first-order valence-corrected chi connectivity index (χ1v) is 9.13. The third-order valence-electron chi connectivity index (χ3n) is 3.88. The normalized spacial score (nSPS) is 18.1. The fourth-order valence-corrected chi connectivity index (χ4v) is 5.15. The topological polar surface area (TPSA) is 44.5 Å². The molecule has 0 aliphatic carbocycles. The largest absolute Gasteiger partial charge is 0.486 e. The zero-order valence-electron chi connectivity index (χ0n) is 11.6. The molecule has 2 N–H and O–H groups in total. The van der Waals surface area contributed by atoms with Gasteiger partial charge in [-0.25, -0.2) is 0 Å². The fraction of sp³-hybridized carbons (Fsp3) is 0.375. The summed E-state index contributed by atoms with van der Waals surface area (Å²) in [6, 6.07) is 8.24. The van der Waals surface area contributed by atoms with Crippen molar-refractivity contribution in [3.63, 3.8) is 0 Å². The lowest BCUT2D eigenvalue weighted by Crippen LogP contribution is -2.16. The Balaban J connectivity index is 1.64. The summed E-state index contributed by atoms with van der Waals surface area (Å²) >= 11 is 3.87. The van der Waals surface area contributed by atoms with Crippen molar-refractivity contribution in [2.75, 3.05) is 19.0 Å². The van der Waals surface area contributed by atoms with Crippen LogP contribution in [-0.4, -0.2) is 19.0 Å². The lowest BCUT2D eigenvalue weighted by Gasteiger charge is -2.20. The fourth-order valence-electron chi connectivity index (χ4n) is 2.74. The zero-order chi connectivity index (χ0) is 14.2. The van der Waals surface area contributed by atoms with Crippen LogP contribution in [0.3, 0.4) is 0 Å². The second kappa shape index (κ2) is 5.55. The molecular formula is C16H17NO2S2. The number of hydrogen-bond acceptors (Lipinski definition) is 5. The Morgan fingerprint density at radius 2 is 1.95 bits per heavy atom. The van der Waals surface area contributed by atoms with E-state index in [1.807, 2.05) is 41.3 Å². The van der Waals surface area contributed by atoms with Crippen molar-refractivity contribution in [2.24, 2.45) is 5.73 Å². The Hall–Kier alpha value is -1.17. The average molecular weight is 319 g/mol. The van der Waals surface area contributed by atoms with Gasteiger partial charge in [0.15, 0.2) is 11.5 Å². The van der Waals surface area contributed by atoms with Crippen LogP contribution < -0.4 is 15.2 Å². The van der Waals surface area contributed by atoms with E-state index in [1.54, 1.807) is 0 Å². The third kappa shape index (κ3) is 2.54. The molecule has 2 aliphatic rings. The number of nitrogens with two attached hydrogens (primary N) is 1. The van der Waals surface area contributed by atoms with Gasteiger partial charge in [0.1, 0.15) is 13.2 Å². The van der Waals surface area contributed by atoms with E-state index in [2.05, 4.69) is 6.07 Å².